The van der Waals surface area contributed by atoms with Crippen LogP contribution in [0.25, 0.3) is 21.5 Å². The molecular weight excluding hydrogens is 381 g/mol. The van der Waals surface area contributed by atoms with E-state index in [2.05, 4.69) is 67.6 Å². The third-order valence-electron chi connectivity index (χ3n) is 4.53. The van der Waals surface area contributed by atoms with Gasteiger partial charge in [-0.2, -0.15) is 0 Å². The summed E-state index contributed by atoms with van der Waals surface area (Å²) in [6, 6.07) is 28.5. The van der Waals surface area contributed by atoms with Gasteiger partial charge in [0.15, 0.2) is 0 Å². The molecule has 121 valence electrons. The van der Waals surface area contributed by atoms with E-state index in [1.807, 2.05) is 18.2 Å². The van der Waals surface area contributed by atoms with Crippen molar-refractivity contribution in [3.05, 3.63) is 90.0 Å². The van der Waals surface area contributed by atoms with Crippen molar-refractivity contribution in [1.29, 1.82) is 0 Å². The number of rotatable bonds is 0. The van der Waals surface area contributed by atoms with Crippen molar-refractivity contribution in [3.8, 4) is 5.75 Å². The third kappa shape index (κ3) is 3.78. The van der Waals surface area contributed by atoms with Crippen molar-refractivity contribution in [2.75, 3.05) is 6.61 Å². The zero-order valence-corrected chi connectivity index (χ0v) is 17.2. The van der Waals surface area contributed by atoms with E-state index in [1.165, 1.54) is 32.7 Å². The van der Waals surface area contributed by atoms with Crippen molar-refractivity contribution >= 4 is 21.5 Å². The minimum Gasteiger partial charge on any atom is -0.493 e. The van der Waals surface area contributed by atoms with Crippen molar-refractivity contribution in [3.63, 3.8) is 0 Å². The van der Waals surface area contributed by atoms with Crippen LogP contribution in [0.15, 0.2) is 72.8 Å². The van der Waals surface area contributed by atoms with Crippen LogP contribution >= 0.6 is 0 Å². The first-order valence-electron chi connectivity index (χ1n) is 8.33. The first kappa shape index (κ1) is 18.1. The molecule has 5 rings (SSSR count). The fourth-order valence-electron chi connectivity index (χ4n) is 3.25. The van der Waals surface area contributed by atoms with E-state index in [9.17, 15) is 0 Å². The molecule has 0 saturated carbocycles. The Morgan fingerprint density at radius 3 is 1.96 bits per heavy atom. The summed E-state index contributed by atoms with van der Waals surface area (Å²) in [6.45, 7) is 3.04. The first-order valence-corrected chi connectivity index (χ1v) is 8.33. The summed E-state index contributed by atoms with van der Waals surface area (Å²) in [6.07, 6.45) is 1.08. The number of hydrogen-bond acceptors (Lipinski definition) is 1. The summed E-state index contributed by atoms with van der Waals surface area (Å²) in [5.74, 6) is 1.07. The minimum absolute atomic E-state index is 0. The Labute approximate surface area is 173 Å². The molecule has 0 aromatic heterocycles. The van der Waals surface area contributed by atoms with Crippen LogP contribution in [0.3, 0.4) is 0 Å². The van der Waals surface area contributed by atoms with Gasteiger partial charge in [0.2, 0.25) is 0 Å². The van der Waals surface area contributed by atoms with E-state index in [0.29, 0.717) is 0 Å². The zero-order chi connectivity index (χ0) is 16.4. The molecule has 4 aromatic carbocycles. The molecule has 0 fully saturated rings. The Morgan fingerprint density at radius 2 is 1.32 bits per heavy atom. The maximum atomic E-state index is 5.30. The van der Waals surface area contributed by atoms with E-state index in [0.717, 1.165) is 18.8 Å². The average Bonchev–Trinajstić information content (AvgIpc) is 3.11. The molecule has 4 aromatic rings. The molecule has 0 unspecified atom stereocenters. The van der Waals surface area contributed by atoms with Gasteiger partial charge < -0.3 is 4.74 Å². The molecule has 0 amide bonds. The van der Waals surface area contributed by atoms with E-state index in [-0.39, 0.29) is 32.7 Å². The van der Waals surface area contributed by atoms with Crippen molar-refractivity contribution in [1.82, 2.24) is 0 Å². The molecule has 0 saturated heterocycles. The van der Waals surface area contributed by atoms with Crippen LogP contribution in [-0.2, 0) is 39.1 Å². The second kappa shape index (κ2) is 8.12. The maximum Gasteiger partial charge on any atom is 0.122 e. The topological polar surface area (TPSA) is 9.23 Å². The largest absolute Gasteiger partial charge is 0.493 e. The van der Waals surface area contributed by atoms with Crippen LogP contribution in [0.2, 0.25) is 0 Å². The zero-order valence-electron chi connectivity index (χ0n) is 14.3. The monoisotopic (exact) mass is 400 g/mol. The van der Waals surface area contributed by atoms with Crippen LogP contribution in [0, 0.1) is 13.0 Å². The molecule has 1 radical (unpaired) electrons. The average molecular weight is 400 g/mol. The summed E-state index contributed by atoms with van der Waals surface area (Å²) in [7, 11) is 0. The van der Waals surface area contributed by atoms with Crippen molar-refractivity contribution < 1.29 is 37.4 Å². The number of aryl methyl sites for hydroxylation is 1. The summed E-state index contributed by atoms with van der Waals surface area (Å²) in [5.41, 5.74) is 2.69. The second-order valence-corrected chi connectivity index (χ2v) is 6.05. The predicted octanol–water partition coefficient (Wildman–Crippen LogP) is 5.72. The van der Waals surface area contributed by atoms with Gasteiger partial charge in [-0.05, 0) is 11.6 Å². The molecule has 2 heteroatoms. The Bertz CT molecular complexity index is 930. The Hall–Kier alpha value is -1.70. The summed E-state index contributed by atoms with van der Waals surface area (Å²) in [5, 5.41) is 5.01. The predicted molar refractivity (Wildman–Crippen MR) is 101 cm³/mol. The molecule has 1 heterocycles. The number of hydrogen-bond donors (Lipinski definition) is 0. The quantitative estimate of drug-likeness (QED) is 0.271. The van der Waals surface area contributed by atoms with Crippen LogP contribution in [0.1, 0.15) is 11.1 Å². The Balaban J connectivity index is 0.000000157. The van der Waals surface area contributed by atoms with Gasteiger partial charge in [0.05, 0.1) is 6.61 Å². The number of ether oxygens (including phenoxy) is 1. The van der Waals surface area contributed by atoms with Gasteiger partial charge in [-0.3, -0.25) is 0 Å². The number of benzene rings is 4. The van der Waals surface area contributed by atoms with Gasteiger partial charge in [0.1, 0.15) is 5.75 Å². The smallest absolute Gasteiger partial charge is 0.122 e. The van der Waals surface area contributed by atoms with Gasteiger partial charge in [-0.1, -0.05) is 72.3 Å². The SMILES string of the molecule is Cc1c2ccccc2[c-]c2ccccc12.[Y].c1ccc2c(c1)CCO2. The normalized spacial score (nSPS) is 11.9. The third-order valence-corrected chi connectivity index (χ3v) is 4.53. The standard InChI is InChI=1S/C15H11.C8H8O.Y/c1-11-14-8-4-2-6-12(14)10-13-7-3-5-9-15(11)13;1-2-4-8-7(3-1)5-6-9-8;/h2-9H,1H3;1-4H,5-6H2;/q-1;;. The van der Waals surface area contributed by atoms with Crippen LogP contribution in [-0.4, -0.2) is 6.61 Å². The molecular formula is C23H19OY-. The Kier molecular flexibility index (Phi) is 5.88. The maximum absolute atomic E-state index is 5.30. The van der Waals surface area contributed by atoms with Crippen molar-refractivity contribution in [2.24, 2.45) is 0 Å². The molecule has 0 atom stereocenters. The fraction of sp³-hybridized carbons (Fsp3) is 0.130. The van der Waals surface area contributed by atoms with E-state index < -0.39 is 0 Å². The summed E-state index contributed by atoms with van der Waals surface area (Å²) >= 11 is 0. The van der Waals surface area contributed by atoms with Gasteiger partial charge in [-0.15, -0.1) is 34.5 Å². The molecule has 0 spiro atoms. The van der Waals surface area contributed by atoms with Gasteiger partial charge >= 0.3 is 0 Å². The number of para-hydroxylation sites is 1. The first-order chi connectivity index (χ1) is 11.8. The summed E-state index contributed by atoms with van der Waals surface area (Å²) in [4.78, 5) is 0. The molecule has 1 aliphatic rings. The summed E-state index contributed by atoms with van der Waals surface area (Å²) < 4.78 is 5.30. The van der Waals surface area contributed by atoms with Crippen LogP contribution in [0.5, 0.6) is 5.75 Å². The van der Waals surface area contributed by atoms with E-state index in [4.69, 9.17) is 4.74 Å². The number of fused-ring (bicyclic) bond motifs is 3. The Morgan fingerprint density at radius 1 is 0.760 bits per heavy atom. The molecule has 1 nitrogen and oxygen atoms in total. The van der Waals surface area contributed by atoms with Crippen molar-refractivity contribution in [2.45, 2.75) is 13.3 Å². The molecule has 0 N–H and O–H groups in total. The second-order valence-electron chi connectivity index (χ2n) is 6.05. The fourth-order valence-corrected chi connectivity index (χ4v) is 3.25. The molecule has 0 bridgehead atoms. The molecule has 0 aliphatic carbocycles. The molecule has 1 aliphatic heterocycles. The van der Waals surface area contributed by atoms with Crippen LogP contribution < -0.4 is 4.74 Å². The minimum atomic E-state index is 0. The van der Waals surface area contributed by atoms with Gasteiger partial charge in [0, 0.05) is 39.1 Å². The van der Waals surface area contributed by atoms with Crippen LogP contribution in [0.4, 0.5) is 0 Å². The molecule has 25 heavy (non-hydrogen) atoms. The van der Waals surface area contributed by atoms with E-state index in [1.54, 1.807) is 0 Å². The van der Waals surface area contributed by atoms with E-state index >= 15 is 0 Å². The van der Waals surface area contributed by atoms with Gasteiger partial charge in [0.25, 0.3) is 0 Å². The van der Waals surface area contributed by atoms with Gasteiger partial charge in [-0.25, -0.2) is 0 Å².